The van der Waals surface area contributed by atoms with E-state index in [1.54, 1.807) is 4.90 Å². The Balaban J connectivity index is 1.70. The van der Waals surface area contributed by atoms with E-state index in [1.807, 2.05) is 6.92 Å². The van der Waals surface area contributed by atoms with E-state index in [0.717, 1.165) is 55.9 Å². The van der Waals surface area contributed by atoms with Gasteiger partial charge < -0.3 is 20.6 Å². The monoisotopic (exact) mass is 541 g/mol. The minimum atomic E-state index is -4.68. The van der Waals surface area contributed by atoms with E-state index in [0.29, 0.717) is 6.54 Å². The number of hydrogen-bond donors (Lipinski definition) is 4. The molecule has 0 aromatic carbocycles. The van der Waals surface area contributed by atoms with Crippen LogP contribution in [0.4, 0.5) is 13.2 Å². The van der Waals surface area contributed by atoms with Gasteiger partial charge in [0, 0.05) is 36.9 Å². The first kappa shape index (κ1) is 27.6. The number of thiazole rings is 1. The molecule has 1 saturated heterocycles. The molecule has 0 radical (unpaired) electrons. The van der Waals surface area contributed by atoms with Crippen molar-refractivity contribution in [3.8, 4) is 0 Å². The fourth-order valence-corrected chi connectivity index (χ4v) is 5.92. The molecule has 4 rings (SSSR count). The Bertz CT molecular complexity index is 1090. The number of carbonyl (C=O) groups is 2. The Hall–Kier alpha value is -2.44. The van der Waals surface area contributed by atoms with Gasteiger partial charge in [-0.1, -0.05) is 12.8 Å². The molecule has 1 saturated carbocycles. The number of amides is 2. The number of likely N-dealkylation sites (tertiary alicyclic amines) is 1. The van der Waals surface area contributed by atoms with Gasteiger partial charge in [0.15, 0.2) is 5.01 Å². The van der Waals surface area contributed by atoms with Gasteiger partial charge in [0.2, 0.25) is 0 Å². The van der Waals surface area contributed by atoms with Crippen LogP contribution in [0.25, 0.3) is 5.57 Å². The predicted molar refractivity (Wildman–Crippen MR) is 135 cm³/mol. The first-order valence-electron chi connectivity index (χ1n) is 12.7. The number of allylic oxidation sites excluding steroid dienone is 2. The molecule has 2 fully saturated rings. The van der Waals surface area contributed by atoms with Gasteiger partial charge in [0.25, 0.3) is 11.8 Å². The fourth-order valence-electron chi connectivity index (χ4n) is 4.92. The quantitative estimate of drug-likeness (QED) is 0.421. The van der Waals surface area contributed by atoms with Crippen LogP contribution in [0, 0.1) is 0 Å². The van der Waals surface area contributed by atoms with E-state index in [4.69, 9.17) is 0 Å². The summed E-state index contributed by atoms with van der Waals surface area (Å²) in [6.45, 7) is 5.30. The molecule has 12 heteroatoms. The van der Waals surface area contributed by atoms with Gasteiger partial charge in [-0.3, -0.25) is 14.9 Å². The zero-order valence-corrected chi connectivity index (χ0v) is 22.1. The number of hydrogen-bond acceptors (Lipinski definition) is 7. The van der Waals surface area contributed by atoms with Gasteiger partial charge >= 0.3 is 6.18 Å². The van der Waals surface area contributed by atoms with Crippen LogP contribution in [-0.2, 0) is 0 Å². The van der Waals surface area contributed by atoms with Crippen LogP contribution in [0.15, 0.2) is 17.8 Å². The molecule has 3 heterocycles. The summed E-state index contributed by atoms with van der Waals surface area (Å²) >= 11 is 0.745. The third kappa shape index (κ3) is 6.53. The molecule has 2 unspecified atom stereocenters. The predicted octanol–water partition coefficient (Wildman–Crippen LogP) is 3.56. The molecule has 204 valence electrons. The Labute approximate surface area is 218 Å². The molecule has 0 bridgehead atoms. The van der Waals surface area contributed by atoms with Crippen LogP contribution >= 0.6 is 11.3 Å². The second-order valence-electron chi connectivity index (χ2n) is 10.6. The van der Waals surface area contributed by atoms with Crippen molar-refractivity contribution in [1.29, 1.82) is 0 Å². The molecular weight excluding hydrogens is 507 g/mol. The van der Waals surface area contributed by atoms with Crippen LogP contribution < -0.4 is 16.0 Å². The second-order valence-corrected chi connectivity index (χ2v) is 11.6. The SMILES string of the molecule is CC1CCCN1C(=O)c1nc(C(=O)NCC(C)(C)O)sc1C1=CNC(NC2CCCC2)C=C1C(F)(F)F. The lowest BCUT2D eigenvalue weighted by Crippen LogP contribution is -2.45. The number of nitrogens with one attached hydrogen (secondary N) is 3. The summed E-state index contributed by atoms with van der Waals surface area (Å²) in [6, 6.07) is 0.0621. The fraction of sp³-hybridized carbons (Fsp3) is 0.640. The Morgan fingerprint density at radius 2 is 1.92 bits per heavy atom. The lowest BCUT2D eigenvalue weighted by Gasteiger charge is -2.28. The van der Waals surface area contributed by atoms with E-state index in [-0.39, 0.29) is 39.8 Å². The van der Waals surface area contributed by atoms with Crippen molar-refractivity contribution in [3.63, 3.8) is 0 Å². The highest BCUT2D eigenvalue weighted by atomic mass is 32.1. The van der Waals surface area contributed by atoms with Crippen molar-refractivity contribution in [2.24, 2.45) is 0 Å². The molecule has 0 spiro atoms. The molecule has 8 nitrogen and oxygen atoms in total. The van der Waals surface area contributed by atoms with E-state index in [9.17, 15) is 27.9 Å². The van der Waals surface area contributed by atoms with Crippen LogP contribution in [0.2, 0.25) is 0 Å². The molecule has 1 aromatic heterocycles. The van der Waals surface area contributed by atoms with Gasteiger partial charge in [-0.2, -0.15) is 13.2 Å². The maximum absolute atomic E-state index is 14.3. The molecule has 1 aliphatic carbocycles. The number of aliphatic hydroxyl groups is 1. The molecule has 4 N–H and O–H groups in total. The van der Waals surface area contributed by atoms with E-state index < -0.39 is 35.3 Å². The minimum absolute atomic E-state index is 0.00657. The highest BCUT2D eigenvalue weighted by Gasteiger charge is 2.42. The maximum atomic E-state index is 14.3. The maximum Gasteiger partial charge on any atom is 0.416 e. The third-order valence-electron chi connectivity index (χ3n) is 6.87. The number of carbonyl (C=O) groups excluding carboxylic acids is 2. The standard InChI is InChI=1S/C25H34F3N5O3S/c1-14-7-6-10-33(14)23(35)19-20(37-22(32-19)21(34)30-13-24(2,3)36)16-12-29-18(11-17(16)25(26,27)28)31-15-8-4-5-9-15/h11-12,14-15,18,29,31,36H,4-10,13H2,1-3H3,(H,30,34). The summed E-state index contributed by atoms with van der Waals surface area (Å²) < 4.78 is 42.9. The highest BCUT2D eigenvalue weighted by Crippen LogP contribution is 2.42. The van der Waals surface area contributed by atoms with Crippen molar-refractivity contribution in [1.82, 2.24) is 25.8 Å². The van der Waals surface area contributed by atoms with Crippen molar-refractivity contribution in [2.75, 3.05) is 13.1 Å². The molecule has 37 heavy (non-hydrogen) atoms. The van der Waals surface area contributed by atoms with Crippen LogP contribution in [0.3, 0.4) is 0 Å². The molecule has 2 amide bonds. The van der Waals surface area contributed by atoms with Crippen molar-refractivity contribution in [2.45, 2.75) is 89.3 Å². The van der Waals surface area contributed by atoms with Crippen molar-refractivity contribution in [3.05, 3.63) is 33.4 Å². The van der Waals surface area contributed by atoms with Gasteiger partial charge in [-0.15, -0.1) is 11.3 Å². The average molecular weight is 542 g/mol. The van der Waals surface area contributed by atoms with Crippen molar-refractivity contribution >= 4 is 28.7 Å². The van der Waals surface area contributed by atoms with E-state index >= 15 is 0 Å². The molecule has 2 aliphatic heterocycles. The van der Waals surface area contributed by atoms with Gasteiger partial charge in [0.1, 0.15) is 5.69 Å². The summed E-state index contributed by atoms with van der Waals surface area (Å²) in [5, 5.41) is 18.6. The second kappa shape index (κ2) is 10.7. The van der Waals surface area contributed by atoms with Gasteiger partial charge in [-0.25, -0.2) is 4.98 Å². The summed E-state index contributed by atoms with van der Waals surface area (Å²) in [4.78, 5) is 32.1. The van der Waals surface area contributed by atoms with Gasteiger partial charge in [0.05, 0.1) is 22.2 Å². The zero-order valence-electron chi connectivity index (χ0n) is 21.2. The lowest BCUT2D eigenvalue weighted by molar-refractivity contribution is -0.0877. The van der Waals surface area contributed by atoms with Crippen LogP contribution in [0.5, 0.6) is 0 Å². The Morgan fingerprint density at radius 1 is 1.22 bits per heavy atom. The molecule has 1 aromatic rings. The summed E-state index contributed by atoms with van der Waals surface area (Å²) in [5.41, 5.74) is -2.45. The highest BCUT2D eigenvalue weighted by molar-refractivity contribution is 7.15. The number of dihydropyridines is 1. The Morgan fingerprint density at radius 3 is 2.51 bits per heavy atom. The molecule has 2 atom stereocenters. The number of rotatable bonds is 7. The summed E-state index contributed by atoms with van der Waals surface area (Å²) in [5.74, 6) is -1.16. The number of halogens is 3. The van der Waals surface area contributed by atoms with Crippen molar-refractivity contribution < 1.29 is 27.9 Å². The number of aromatic nitrogens is 1. The first-order valence-corrected chi connectivity index (χ1v) is 13.5. The summed E-state index contributed by atoms with van der Waals surface area (Å²) in [7, 11) is 0. The minimum Gasteiger partial charge on any atom is -0.389 e. The largest absolute Gasteiger partial charge is 0.416 e. The third-order valence-corrected chi connectivity index (χ3v) is 7.96. The lowest BCUT2D eigenvalue weighted by atomic mass is 9.99. The molecular formula is C25H34F3N5O3S. The van der Waals surface area contributed by atoms with Gasteiger partial charge in [-0.05, 0) is 52.5 Å². The smallest absolute Gasteiger partial charge is 0.389 e. The number of alkyl halides is 3. The van der Waals surface area contributed by atoms with Crippen LogP contribution in [0.1, 0.15) is 84.5 Å². The van der Waals surface area contributed by atoms with E-state index in [2.05, 4.69) is 20.9 Å². The average Bonchev–Trinajstić information content (AvgIpc) is 3.57. The normalized spacial score (nSPS) is 23.1. The topological polar surface area (TPSA) is 107 Å². The summed E-state index contributed by atoms with van der Waals surface area (Å²) in [6.07, 6.45) is 2.47. The number of nitrogens with zero attached hydrogens (tertiary/aromatic N) is 2. The Kier molecular flexibility index (Phi) is 8.01. The van der Waals surface area contributed by atoms with Crippen LogP contribution in [-0.4, -0.2) is 69.9 Å². The van der Waals surface area contributed by atoms with E-state index in [1.165, 1.54) is 20.0 Å². The first-order chi connectivity index (χ1) is 17.3. The molecule has 3 aliphatic rings. The zero-order chi connectivity index (χ0) is 27.0.